The second-order valence-corrected chi connectivity index (χ2v) is 5.66. The average molecular weight is 242 g/mol. The molecule has 0 bridgehead atoms. The van der Waals surface area contributed by atoms with Crippen molar-refractivity contribution in [1.82, 2.24) is 10.6 Å². The van der Waals surface area contributed by atoms with Gasteiger partial charge < -0.3 is 15.7 Å². The van der Waals surface area contributed by atoms with Gasteiger partial charge >= 0.3 is 0 Å². The molecule has 4 heteroatoms. The fourth-order valence-electron chi connectivity index (χ4n) is 2.10. The first-order chi connectivity index (χ1) is 7.89. The molecule has 0 aromatic rings. The Balaban J connectivity index is 2.30. The van der Waals surface area contributed by atoms with Gasteiger partial charge in [-0.25, -0.2) is 0 Å². The van der Waals surface area contributed by atoms with E-state index in [2.05, 4.69) is 17.6 Å². The lowest BCUT2D eigenvalue weighted by Gasteiger charge is -2.50. The highest BCUT2D eigenvalue weighted by Crippen LogP contribution is 2.40. The first-order valence-electron chi connectivity index (χ1n) is 6.61. The maximum Gasteiger partial charge on any atom is 0.236 e. The largest absolute Gasteiger partial charge is 0.392 e. The highest BCUT2D eigenvalue weighted by molar-refractivity contribution is 5.81. The Kier molecular flexibility index (Phi) is 4.95. The third-order valence-electron chi connectivity index (χ3n) is 3.89. The monoisotopic (exact) mass is 242 g/mol. The number of amides is 1. The SMILES string of the molecule is CCCCNC(=O)C(C)NC1CC(O)C1(C)C. The van der Waals surface area contributed by atoms with Crippen LogP contribution < -0.4 is 10.6 Å². The summed E-state index contributed by atoms with van der Waals surface area (Å²) < 4.78 is 0. The lowest BCUT2D eigenvalue weighted by atomic mass is 9.64. The Morgan fingerprint density at radius 2 is 2.18 bits per heavy atom. The van der Waals surface area contributed by atoms with Crippen molar-refractivity contribution in [2.24, 2.45) is 5.41 Å². The molecule has 3 unspecified atom stereocenters. The maximum atomic E-state index is 11.7. The van der Waals surface area contributed by atoms with E-state index < -0.39 is 0 Å². The van der Waals surface area contributed by atoms with Crippen LogP contribution in [0.4, 0.5) is 0 Å². The quantitative estimate of drug-likeness (QED) is 0.610. The summed E-state index contributed by atoms with van der Waals surface area (Å²) in [5.41, 5.74) is -0.127. The number of nitrogens with one attached hydrogen (secondary N) is 2. The molecule has 3 N–H and O–H groups in total. The van der Waals surface area contributed by atoms with Gasteiger partial charge in [0.25, 0.3) is 0 Å². The Morgan fingerprint density at radius 3 is 2.65 bits per heavy atom. The van der Waals surface area contributed by atoms with Gasteiger partial charge in [-0.1, -0.05) is 27.2 Å². The zero-order valence-corrected chi connectivity index (χ0v) is 11.4. The van der Waals surface area contributed by atoms with E-state index in [-0.39, 0.29) is 29.5 Å². The van der Waals surface area contributed by atoms with Gasteiger partial charge in [-0.05, 0) is 19.8 Å². The van der Waals surface area contributed by atoms with Crippen molar-refractivity contribution in [3.05, 3.63) is 0 Å². The Morgan fingerprint density at radius 1 is 1.53 bits per heavy atom. The van der Waals surface area contributed by atoms with E-state index in [0.29, 0.717) is 0 Å². The molecule has 0 aromatic heterocycles. The van der Waals surface area contributed by atoms with Gasteiger partial charge in [-0.2, -0.15) is 0 Å². The zero-order chi connectivity index (χ0) is 13.1. The Bertz CT molecular complexity index is 266. The molecule has 0 heterocycles. The van der Waals surface area contributed by atoms with Crippen molar-refractivity contribution in [3.8, 4) is 0 Å². The first kappa shape index (κ1) is 14.5. The van der Waals surface area contributed by atoms with Crippen molar-refractivity contribution in [3.63, 3.8) is 0 Å². The third kappa shape index (κ3) is 3.42. The summed E-state index contributed by atoms with van der Waals surface area (Å²) in [6.45, 7) is 8.79. The molecule has 3 atom stereocenters. The molecule has 1 amide bonds. The minimum Gasteiger partial charge on any atom is -0.392 e. The third-order valence-corrected chi connectivity index (χ3v) is 3.89. The van der Waals surface area contributed by atoms with E-state index in [0.717, 1.165) is 25.8 Å². The first-order valence-corrected chi connectivity index (χ1v) is 6.61. The van der Waals surface area contributed by atoms with Gasteiger partial charge in [0.1, 0.15) is 0 Å². The molecule has 100 valence electrons. The normalized spacial score (nSPS) is 28.3. The summed E-state index contributed by atoms with van der Waals surface area (Å²) in [5.74, 6) is 0.0515. The van der Waals surface area contributed by atoms with Crippen LogP contribution in [0.2, 0.25) is 0 Å². The molecule has 0 aromatic carbocycles. The van der Waals surface area contributed by atoms with Crippen LogP contribution in [0.3, 0.4) is 0 Å². The molecular formula is C13H26N2O2. The van der Waals surface area contributed by atoms with Crippen LogP contribution >= 0.6 is 0 Å². The van der Waals surface area contributed by atoms with E-state index >= 15 is 0 Å². The molecule has 0 radical (unpaired) electrons. The van der Waals surface area contributed by atoms with E-state index in [1.54, 1.807) is 0 Å². The molecule has 17 heavy (non-hydrogen) atoms. The smallest absolute Gasteiger partial charge is 0.236 e. The molecule has 4 nitrogen and oxygen atoms in total. The fraction of sp³-hybridized carbons (Fsp3) is 0.923. The van der Waals surface area contributed by atoms with Crippen LogP contribution in [-0.4, -0.2) is 35.7 Å². The van der Waals surface area contributed by atoms with Crippen molar-refractivity contribution in [2.75, 3.05) is 6.54 Å². The van der Waals surface area contributed by atoms with Gasteiger partial charge in [0, 0.05) is 18.0 Å². The standard InChI is InChI=1S/C13H26N2O2/c1-5-6-7-14-12(17)9(2)15-10-8-11(16)13(10,3)4/h9-11,15-16H,5-8H2,1-4H3,(H,14,17). The number of rotatable bonds is 6. The van der Waals surface area contributed by atoms with E-state index in [4.69, 9.17) is 0 Å². The average Bonchev–Trinajstić information content (AvgIpc) is 2.28. The maximum absolute atomic E-state index is 11.7. The van der Waals surface area contributed by atoms with E-state index in [9.17, 15) is 9.90 Å². The summed E-state index contributed by atoms with van der Waals surface area (Å²) in [4.78, 5) is 11.7. The van der Waals surface area contributed by atoms with Gasteiger partial charge in [-0.3, -0.25) is 4.79 Å². The van der Waals surface area contributed by atoms with Gasteiger partial charge in [0.05, 0.1) is 12.1 Å². The fourth-order valence-corrected chi connectivity index (χ4v) is 2.10. The predicted molar refractivity (Wildman–Crippen MR) is 68.7 cm³/mol. The molecule has 1 aliphatic carbocycles. The molecule has 1 saturated carbocycles. The molecule has 1 rings (SSSR count). The predicted octanol–water partition coefficient (Wildman–Crippen LogP) is 1.04. The van der Waals surface area contributed by atoms with Crippen LogP contribution in [0.25, 0.3) is 0 Å². The minimum absolute atomic E-state index is 0.0515. The number of carbonyl (C=O) groups excluding carboxylic acids is 1. The number of unbranched alkanes of at least 4 members (excludes halogenated alkanes) is 1. The number of carbonyl (C=O) groups is 1. The molecule has 1 fully saturated rings. The second kappa shape index (κ2) is 5.83. The van der Waals surface area contributed by atoms with Gasteiger partial charge in [-0.15, -0.1) is 0 Å². The van der Waals surface area contributed by atoms with Crippen LogP contribution in [0.15, 0.2) is 0 Å². The van der Waals surface area contributed by atoms with Crippen LogP contribution in [0.5, 0.6) is 0 Å². The number of hydrogen-bond donors (Lipinski definition) is 3. The van der Waals surface area contributed by atoms with Crippen LogP contribution in [-0.2, 0) is 4.79 Å². The summed E-state index contributed by atoms with van der Waals surface area (Å²) in [5, 5.41) is 15.8. The lowest BCUT2D eigenvalue weighted by Crippen LogP contribution is -2.63. The Hall–Kier alpha value is -0.610. The van der Waals surface area contributed by atoms with Gasteiger partial charge in [0.2, 0.25) is 5.91 Å². The molecular weight excluding hydrogens is 216 g/mol. The Labute approximate surface area is 104 Å². The highest BCUT2D eigenvalue weighted by atomic mass is 16.3. The van der Waals surface area contributed by atoms with Crippen molar-refractivity contribution in [2.45, 2.75) is 65.1 Å². The lowest BCUT2D eigenvalue weighted by molar-refractivity contribution is -0.125. The number of aliphatic hydroxyl groups is 1. The highest BCUT2D eigenvalue weighted by Gasteiger charge is 2.47. The summed E-state index contributed by atoms with van der Waals surface area (Å²) in [7, 11) is 0. The van der Waals surface area contributed by atoms with Crippen LogP contribution in [0.1, 0.15) is 47.0 Å². The summed E-state index contributed by atoms with van der Waals surface area (Å²) >= 11 is 0. The molecule has 0 saturated heterocycles. The second-order valence-electron chi connectivity index (χ2n) is 5.66. The molecule has 0 aliphatic heterocycles. The topological polar surface area (TPSA) is 61.4 Å². The summed E-state index contributed by atoms with van der Waals surface area (Å²) in [6, 6.07) is 0.0352. The molecule has 1 aliphatic rings. The summed E-state index contributed by atoms with van der Waals surface area (Å²) in [6.07, 6.45) is 2.59. The van der Waals surface area contributed by atoms with Crippen molar-refractivity contribution >= 4 is 5.91 Å². The van der Waals surface area contributed by atoms with Crippen molar-refractivity contribution < 1.29 is 9.90 Å². The van der Waals surface area contributed by atoms with E-state index in [1.807, 2.05) is 20.8 Å². The van der Waals surface area contributed by atoms with Crippen LogP contribution in [0, 0.1) is 5.41 Å². The number of aliphatic hydroxyl groups excluding tert-OH is 1. The van der Waals surface area contributed by atoms with E-state index in [1.165, 1.54) is 0 Å². The minimum atomic E-state index is -0.254. The number of hydrogen-bond acceptors (Lipinski definition) is 3. The van der Waals surface area contributed by atoms with Gasteiger partial charge in [0.15, 0.2) is 0 Å². The van der Waals surface area contributed by atoms with Crippen molar-refractivity contribution in [1.29, 1.82) is 0 Å². The molecule has 0 spiro atoms. The zero-order valence-electron chi connectivity index (χ0n) is 11.4.